The van der Waals surface area contributed by atoms with Gasteiger partial charge in [-0.2, -0.15) is 4.31 Å². The van der Waals surface area contributed by atoms with Gasteiger partial charge in [0.15, 0.2) is 0 Å². The summed E-state index contributed by atoms with van der Waals surface area (Å²) in [6, 6.07) is 2.78. The first-order valence-corrected chi connectivity index (χ1v) is 8.64. The monoisotopic (exact) mass is 395 g/mol. The molecule has 7 nitrogen and oxygen atoms in total. The lowest BCUT2D eigenvalue weighted by Crippen LogP contribution is -2.36. The Morgan fingerprint density at radius 1 is 1.27 bits per heavy atom. The van der Waals surface area contributed by atoms with Crippen LogP contribution in [-0.2, 0) is 14.8 Å². The Hall–Kier alpha value is -1.32. The Kier molecular flexibility index (Phi) is 6.64. The van der Waals surface area contributed by atoms with Gasteiger partial charge < -0.3 is 14.6 Å². The standard InChI is InChI=1S/C13H18BrNO6S/c1-4-5-15(8-13(16)17)22(18,19)12-7-10(20-2)9(14)6-11(12)21-3/h6-7H,4-5,8H2,1-3H3,(H,16,17). The number of halogens is 1. The second-order valence-electron chi connectivity index (χ2n) is 4.37. The number of hydrogen-bond acceptors (Lipinski definition) is 5. The van der Waals surface area contributed by atoms with Crippen LogP contribution in [0, 0.1) is 0 Å². The summed E-state index contributed by atoms with van der Waals surface area (Å²) in [7, 11) is -1.28. The Labute approximate surface area is 138 Å². The number of methoxy groups -OCH3 is 2. The van der Waals surface area contributed by atoms with E-state index in [4.69, 9.17) is 14.6 Å². The SMILES string of the molecule is CCCN(CC(=O)O)S(=O)(=O)c1cc(OC)c(Br)cc1OC. The topological polar surface area (TPSA) is 93.1 Å². The average Bonchev–Trinajstić information content (AvgIpc) is 2.45. The van der Waals surface area contributed by atoms with Crippen molar-refractivity contribution in [3.63, 3.8) is 0 Å². The van der Waals surface area contributed by atoms with Crippen LogP contribution in [0.2, 0.25) is 0 Å². The highest BCUT2D eigenvalue weighted by atomic mass is 79.9. The third-order valence-electron chi connectivity index (χ3n) is 2.84. The van der Waals surface area contributed by atoms with Crippen molar-refractivity contribution in [1.82, 2.24) is 4.31 Å². The number of rotatable bonds is 8. The van der Waals surface area contributed by atoms with Crippen molar-refractivity contribution in [2.75, 3.05) is 27.3 Å². The first-order chi connectivity index (χ1) is 10.3. The third-order valence-corrected chi connectivity index (χ3v) is 5.33. The van der Waals surface area contributed by atoms with E-state index in [1.807, 2.05) is 0 Å². The predicted molar refractivity (Wildman–Crippen MR) is 83.9 cm³/mol. The van der Waals surface area contributed by atoms with Crippen molar-refractivity contribution < 1.29 is 27.8 Å². The Morgan fingerprint density at radius 2 is 1.86 bits per heavy atom. The molecule has 0 fully saturated rings. The number of benzene rings is 1. The van der Waals surface area contributed by atoms with Gasteiger partial charge in [-0.25, -0.2) is 8.42 Å². The summed E-state index contributed by atoms with van der Waals surface area (Å²) in [4.78, 5) is 10.8. The lowest BCUT2D eigenvalue weighted by Gasteiger charge is -2.21. The molecule has 0 bridgehead atoms. The molecule has 0 unspecified atom stereocenters. The van der Waals surface area contributed by atoms with E-state index >= 15 is 0 Å². The van der Waals surface area contributed by atoms with Crippen LogP contribution in [0.1, 0.15) is 13.3 Å². The summed E-state index contributed by atoms with van der Waals surface area (Å²) in [6.45, 7) is 1.25. The number of aliphatic carboxylic acids is 1. The molecule has 0 radical (unpaired) electrons. The number of carboxylic acids is 1. The summed E-state index contributed by atoms with van der Waals surface area (Å²) in [5.74, 6) is -0.801. The first kappa shape index (κ1) is 18.7. The van der Waals surface area contributed by atoms with Gasteiger partial charge in [0.25, 0.3) is 0 Å². The van der Waals surface area contributed by atoms with Gasteiger partial charge in [-0.05, 0) is 28.4 Å². The fourth-order valence-corrected chi connectivity index (χ4v) is 3.98. The van der Waals surface area contributed by atoms with Crippen LogP contribution in [0.25, 0.3) is 0 Å². The highest BCUT2D eigenvalue weighted by molar-refractivity contribution is 9.10. The summed E-state index contributed by atoms with van der Waals surface area (Å²) in [5.41, 5.74) is 0. The summed E-state index contributed by atoms with van der Waals surface area (Å²) in [6.07, 6.45) is 0.489. The molecule has 0 spiro atoms. The fraction of sp³-hybridized carbons (Fsp3) is 0.462. The van der Waals surface area contributed by atoms with Crippen LogP contribution in [0.4, 0.5) is 0 Å². The van der Waals surface area contributed by atoms with Crippen molar-refractivity contribution in [1.29, 1.82) is 0 Å². The molecule has 0 saturated carbocycles. The van der Waals surface area contributed by atoms with Crippen LogP contribution in [0.15, 0.2) is 21.5 Å². The van der Waals surface area contributed by atoms with Gasteiger partial charge in [-0.1, -0.05) is 6.92 Å². The smallest absolute Gasteiger partial charge is 0.318 e. The zero-order chi connectivity index (χ0) is 16.9. The van der Waals surface area contributed by atoms with E-state index in [9.17, 15) is 13.2 Å². The van der Waals surface area contributed by atoms with Crippen molar-refractivity contribution in [2.24, 2.45) is 0 Å². The van der Waals surface area contributed by atoms with Gasteiger partial charge in [-0.15, -0.1) is 0 Å². The normalized spacial score (nSPS) is 11.5. The number of hydrogen-bond donors (Lipinski definition) is 1. The van der Waals surface area contributed by atoms with Gasteiger partial charge in [0.05, 0.1) is 18.7 Å². The number of carboxylic acid groups (broad SMARTS) is 1. The highest BCUT2D eigenvalue weighted by Gasteiger charge is 2.30. The van der Waals surface area contributed by atoms with Crippen molar-refractivity contribution in [3.8, 4) is 11.5 Å². The van der Waals surface area contributed by atoms with E-state index in [0.717, 1.165) is 4.31 Å². The quantitative estimate of drug-likeness (QED) is 0.722. The minimum absolute atomic E-state index is 0.0934. The maximum atomic E-state index is 12.7. The van der Waals surface area contributed by atoms with Gasteiger partial charge in [0, 0.05) is 12.6 Å². The van der Waals surface area contributed by atoms with E-state index in [1.165, 1.54) is 26.4 Å². The van der Waals surface area contributed by atoms with Gasteiger partial charge in [0.2, 0.25) is 10.0 Å². The number of ether oxygens (including phenoxy) is 2. The van der Waals surface area contributed by atoms with Crippen LogP contribution in [0.3, 0.4) is 0 Å². The molecule has 1 aromatic rings. The highest BCUT2D eigenvalue weighted by Crippen LogP contribution is 2.36. The number of carbonyl (C=O) groups is 1. The molecule has 0 aliphatic heterocycles. The van der Waals surface area contributed by atoms with E-state index in [-0.39, 0.29) is 17.2 Å². The molecule has 0 aliphatic rings. The minimum Gasteiger partial charge on any atom is -0.496 e. The molecule has 124 valence electrons. The van der Waals surface area contributed by atoms with Crippen LogP contribution in [0.5, 0.6) is 11.5 Å². The first-order valence-electron chi connectivity index (χ1n) is 6.41. The second-order valence-corrected chi connectivity index (χ2v) is 7.13. The fourth-order valence-electron chi connectivity index (χ4n) is 1.86. The van der Waals surface area contributed by atoms with E-state index in [0.29, 0.717) is 16.6 Å². The molecule has 1 N–H and O–H groups in total. The molecule has 22 heavy (non-hydrogen) atoms. The Morgan fingerprint density at radius 3 is 2.32 bits per heavy atom. The largest absolute Gasteiger partial charge is 0.496 e. The third kappa shape index (κ3) is 4.11. The van der Waals surface area contributed by atoms with Crippen LogP contribution in [-0.4, -0.2) is 51.1 Å². The Balaban J connectivity index is 3.44. The zero-order valence-corrected chi connectivity index (χ0v) is 14.9. The number of nitrogens with zero attached hydrogens (tertiary/aromatic N) is 1. The molecule has 9 heteroatoms. The minimum atomic E-state index is -4.02. The predicted octanol–water partition coefficient (Wildman–Crippen LogP) is 1.95. The van der Waals surface area contributed by atoms with Gasteiger partial charge in [-0.3, -0.25) is 4.79 Å². The summed E-state index contributed by atoms with van der Waals surface area (Å²) < 4.78 is 37.1. The molecule has 0 heterocycles. The van der Waals surface area contributed by atoms with E-state index in [2.05, 4.69) is 15.9 Å². The molecule has 0 atom stereocenters. The van der Waals surface area contributed by atoms with E-state index in [1.54, 1.807) is 6.92 Å². The lowest BCUT2D eigenvalue weighted by atomic mass is 10.3. The van der Waals surface area contributed by atoms with Crippen LogP contribution < -0.4 is 9.47 Å². The summed E-state index contributed by atoms with van der Waals surface area (Å²) in [5, 5.41) is 8.92. The second kappa shape index (κ2) is 7.80. The van der Waals surface area contributed by atoms with Gasteiger partial charge in [0.1, 0.15) is 22.9 Å². The Bertz CT molecular complexity index is 646. The van der Waals surface area contributed by atoms with E-state index < -0.39 is 22.5 Å². The molecule has 1 aromatic carbocycles. The molecular formula is C13H18BrNO6S. The molecule has 1 rings (SSSR count). The van der Waals surface area contributed by atoms with Crippen molar-refractivity contribution in [2.45, 2.75) is 18.2 Å². The number of sulfonamides is 1. The maximum Gasteiger partial charge on any atom is 0.318 e. The molecule has 0 aromatic heterocycles. The average molecular weight is 396 g/mol. The maximum absolute atomic E-state index is 12.7. The van der Waals surface area contributed by atoms with Crippen LogP contribution >= 0.6 is 15.9 Å². The molecule has 0 aliphatic carbocycles. The van der Waals surface area contributed by atoms with Crippen molar-refractivity contribution >= 4 is 31.9 Å². The lowest BCUT2D eigenvalue weighted by molar-refractivity contribution is -0.137. The zero-order valence-electron chi connectivity index (χ0n) is 12.5. The molecule has 0 amide bonds. The summed E-state index contributed by atoms with van der Waals surface area (Å²) >= 11 is 3.25. The molecule has 0 saturated heterocycles. The van der Waals surface area contributed by atoms with Crippen molar-refractivity contribution in [3.05, 3.63) is 16.6 Å². The molecular weight excluding hydrogens is 378 g/mol. The van der Waals surface area contributed by atoms with Gasteiger partial charge >= 0.3 is 5.97 Å².